The largest absolute Gasteiger partial charge is 0.493 e. The van der Waals surface area contributed by atoms with E-state index in [0.29, 0.717) is 33.2 Å². The smallest absolute Gasteiger partial charge is 0.179 e. The highest BCUT2D eigenvalue weighted by atomic mass is 35.5. The summed E-state index contributed by atoms with van der Waals surface area (Å²) in [6, 6.07) is 11.3. The van der Waals surface area contributed by atoms with E-state index in [-0.39, 0.29) is 0 Å². The standard InChI is InChI=1S/C17H13ClFNO2/c1-21-16-8-11(7-15(18)17(16)22-2)6-13(10-20)12-4-3-5-14(19)9-12/h3-9H,1-2H3/b13-6-. The molecule has 0 spiro atoms. The van der Waals surface area contributed by atoms with Gasteiger partial charge < -0.3 is 9.47 Å². The first-order valence-electron chi connectivity index (χ1n) is 6.38. The summed E-state index contributed by atoms with van der Waals surface area (Å²) in [6.07, 6.45) is 1.61. The van der Waals surface area contributed by atoms with E-state index >= 15 is 0 Å². The van der Waals surface area contributed by atoms with E-state index < -0.39 is 5.82 Å². The predicted molar refractivity (Wildman–Crippen MR) is 84.4 cm³/mol. The van der Waals surface area contributed by atoms with E-state index in [9.17, 15) is 9.65 Å². The highest BCUT2D eigenvalue weighted by Crippen LogP contribution is 2.37. The van der Waals surface area contributed by atoms with E-state index in [4.69, 9.17) is 21.1 Å². The minimum absolute atomic E-state index is 0.322. The van der Waals surface area contributed by atoms with Crippen LogP contribution in [0.15, 0.2) is 36.4 Å². The topological polar surface area (TPSA) is 42.2 Å². The van der Waals surface area contributed by atoms with Crippen molar-refractivity contribution in [3.63, 3.8) is 0 Å². The first kappa shape index (κ1) is 15.9. The minimum atomic E-state index is -0.399. The van der Waals surface area contributed by atoms with E-state index in [2.05, 4.69) is 6.07 Å². The summed E-state index contributed by atoms with van der Waals surface area (Å²) in [5.41, 5.74) is 1.47. The van der Waals surface area contributed by atoms with Gasteiger partial charge in [-0.05, 0) is 41.5 Å². The van der Waals surface area contributed by atoms with E-state index in [0.717, 1.165) is 0 Å². The Morgan fingerprint density at radius 2 is 2.00 bits per heavy atom. The molecule has 0 saturated carbocycles. The van der Waals surface area contributed by atoms with Crippen molar-refractivity contribution in [1.82, 2.24) is 0 Å². The maximum Gasteiger partial charge on any atom is 0.179 e. The molecule has 0 radical (unpaired) electrons. The second kappa shape index (κ2) is 6.97. The van der Waals surface area contributed by atoms with Crippen molar-refractivity contribution >= 4 is 23.3 Å². The number of hydrogen-bond donors (Lipinski definition) is 0. The fourth-order valence-corrected chi connectivity index (χ4v) is 2.32. The van der Waals surface area contributed by atoms with E-state index in [1.165, 1.54) is 26.4 Å². The Bertz CT molecular complexity index is 766. The van der Waals surface area contributed by atoms with Gasteiger partial charge in [-0.25, -0.2) is 4.39 Å². The van der Waals surface area contributed by atoms with Crippen molar-refractivity contribution in [3.8, 4) is 17.6 Å². The average Bonchev–Trinajstić information content (AvgIpc) is 2.51. The number of allylic oxidation sites excluding steroid dienone is 1. The molecule has 5 heteroatoms. The van der Waals surface area contributed by atoms with Gasteiger partial charge in [-0.2, -0.15) is 5.26 Å². The lowest BCUT2D eigenvalue weighted by molar-refractivity contribution is 0.355. The fraction of sp³-hybridized carbons (Fsp3) is 0.118. The minimum Gasteiger partial charge on any atom is -0.493 e. The van der Waals surface area contributed by atoms with Crippen molar-refractivity contribution in [2.24, 2.45) is 0 Å². The molecule has 112 valence electrons. The van der Waals surface area contributed by atoms with Crippen LogP contribution < -0.4 is 9.47 Å². The van der Waals surface area contributed by atoms with E-state index in [1.54, 1.807) is 30.3 Å². The van der Waals surface area contributed by atoms with Gasteiger partial charge in [0.2, 0.25) is 0 Å². The van der Waals surface area contributed by atoms with Gasteiger partial charge in [0.15, 0.2) is 11.5 Å². The maximum atomic E-state index is 13.3. The number of rotatable bonds is 4. The lowest BCUT2D eigenvalue weighted by Gasteiger charge is -2.10. The third kappa shape index (κ3) is 3.38. The summed E-state index contributed by atoms with van der Waals surface area (Å²) in [4.78, 5) is 0. The Morgan fingerprint density at radius 3 is 2.59 bits per heavy atom. The van der Waals surface area contributed by atoms with Gasteiger partial charge in [-0.1, -0.05) is 23.7 Å². The van der Waals surface area contributed by atoms with Gasteiger partial charge in [0.1, 0.15) is 5.82 Å². The summed E-state index contributed by atoms with van der Waals surface area (Å²) in [5, 5.41) is 9.66. The van der Waals surface area contributed by atoms with E-state index in [1.807, 2.05) is 0 Å². The van der Waals surface area contributed by atoms with Crippen molar-refractivity contribution in [2.45, 2.75) is 0 Å². The van der Waals surface area contributed by atoms with Crippen LogP contribution in [0.25, 0.3) is 11.6 Å². The van der Waals surface area contributed by atoms with Crippen molar-refractivity contribution in [1.29, 1.82) is 5.26 Å². The highest BCUT2D eigenvalue weighted by Gasteiger charge is 2.11. The number of nitrogens with zero attached hydrogens (tertiary/aromatic N) is 1. The van der Waals surface area contributed by atoms with Gasteiger partial charge in [0.05, 0.1) is 30.9 Å². The zero-order valence-electron chi connectivity index (χ0n) is 12.1. The SMILES string of the molecule is COc1cc(/C=C(/C#N)c2cccc(F)c2)cc(Cl)c1OC. The molecule has 0 aliphatic carbocycles. The molecule has 0 heterocycles. The van der Waals surface area contributed by atoms with Gasteiger partial charge in [-0.15, -0.1) is 0 Å². The molecule has 2 aromatic carbocycles. The van der Waals surface area contributed by atoms with Crippen LogP contribution in [0.4, 0.5) is 4.39 Å². The van der Waals surface area contributed by atoms with Crippen LogP contribution >= 0.6 is 11.6 Å². The van der Waals surface area contributed by atoms with Crippen molar-refractivity contribution in [2.75, 3.05) is 14.2 Å². The molecule has 0 saturated heterocycles. The second-order valence-electron chi connectivity index (χ2n) is 4.42. The average molecular weight is 318 g/mol. The lowest BCUT2D eigenvalue weighted by Crippen LogP contribution is -1.92. The van der Waals surface area contributed by atoms with Gasteiger partial charge >= 0.3 is 0 Å². The second-order valence-corrected chi connectivity index (χ2v) is 4.83. The molecule has 0 unspecified atom stereocenters. The summed E-state index contributed by atoms with van der Waals surface area (Å²) >= 11 is 6.13. The van der Waals surface area contributed by atoms with Crippen LogP contribution in [0.2, 0.25) is 5.02 Å². The molecule has 2 aromatic rings. The number of halogens is 2. The van der Waals surface area contributed by atoms with Crippen LogP contribution in [0.3, 0.4) is 0 Å². The molecule has 22 heavy (non-hydrogen) atoms. The summed E-state index contributed by atoms with van der Waals surface area (Å²) in [6.45, 7) is 0. The molecule has 0 N–H and O–H groups in total. The Kier molecular flexibility index (Phi) is 5.03. The van der Waals surface area contributed by atoms with Crippen LogP contribution in [0, 0.1) is 17.1 Å². The number of ether oxygens (including phenoxy) is 2. The number of hydrogen-bond acceptors (Lipinski definition) is 3. The summed E-state index contributed by atoms with van der Waals surface area (Å²) < 4.78 is 23.7. The van der Waals surface area contributed by atoms with Gasteiger partial charge in [0, 0.05) is 0 Å². The van der Waals surface area contributed by atoms with Crippen LogP contribution in [0.1, 0.15) is 11.1 Å². The Hall–Kier alpha value is -2.51. The van der Waals surface area contributed by atoms with Crippen LogP contribution in [-0.4, -0.2) is 14.2 Å². The first-order chi connectivity index (χ1) is 10.6. The normalized spacial score (nSPS) is 11.0. The summed E-state index contributed by atoms with van der Waals surface area (Å²) in [7, 11) is 2.99. The fourth-order valence-electron chi connectivity index (χ4n) is 2.02. The highest BCUT2D eigenvalue weighted by molar-refractivity contribution is 6.32. The zero-order chi connectivity index (χ0) is 16.1. The Morgan fingerprint density at radius 1 is 1.23 bits per heavy atom. The number of benzene rings is 2. The third-order valence-corrected chi connectivity index (χ3v) is 3.30. The number of methoxy groups -OCH3 is 2. The maximum absolute atomic E-state index is 13.3. The predicted octanol–water partition coefficient (Wildman–Crippen LogP) is 4.56. The molecular weight excluding hydrogens is 305 g/mol. The van der Waals surface area contributed by atoms with Crippen LogP contribution in [-0.2, 0) is 0 Å². The number of nitriles is 1. The van der Waals surface area contributed by atoms with Crippen molar-refractivity contribution in [3.05, 3.63) is 58.4 Å². The molecule has 0 aliphatic heterocycles. The Balaban J connectivity index is 2.51. The molecular formula is C17H13ClFNO2. The lowest BCUT2D eigenvalue weighted by atomic mass is 10.0. The zero-order valence-corrected chi connectivity index (χ0v) is 12.8. The molecule has 3 nitrogen and oxygen atoms in total. The third-order valence-electron chi connectivity index (χ3n) is 3.02. The van der Waals surface area contributed by atoms with Crippen LogP contribution in [0.5, 0.6) is 11.5 Å². The molecule has 0 fully saturated rings. The molecule has 0 aromatic heterocycles. The molecule has 0 amide bonds. The van der Waals surface area contributed by atoms with Gasteiger partial charge in [-0.3, -0.25) is 0 Å². The Labute approximate surface area is 133 Å². The molecule has 0 bridgehead atoms. The molecule has 0 atom stereocenters. The molecule has 0 aliphatic rings. The quantitative estimate of drug-likeness (QED) is 0.613. The molecule has 2 rings (SSSR count). The van der Waals surface area contributed by atoms with Gasteiger partial charge in [0.25, 0.3) is 0 Å². The van der Waals surface area contributed by atoms with Crippen molar-refractivity contribution < 1.29 is 13.9 Å². The summed E-state index contributed by atoms with van der Waals surface area (Å²) in [5.74, 6) is 0.479. The first-order valence-corrected chi connectivity index (χ1v) is 6.76. The monoisotopic (exact) mass is 317 g/mol.